The van der Waals surface area contributed by atoms with Crippen molar-refractivity contribution in [1.29, 1.82) is 0 Å². The molecule has 262 valence electrons. The molecule has 8 aromatic carbocycles. The highest BCUT2D eigenvalue weighted by Gasteiger charge is 2.15. The molecule has 56 heavy (non-hydrogen) atoms. The van der Waals surface area contributed by atoms with Crippen LogP contribution in [0, 0.1) is 0 Å². The number of fused-ring (bicyclic) bond motifs is 3. The average molecular weight is 714 g/mol. The van der Waals surface area contributed by atoms with Crippen molar-refractivity contribution in [2.45, 2.75) is 0 Å². The van der Waals surface area contributed by atoms with E-state index in [2.05, 4.69) is 182 Å². The molecule has 10 rings (SSSR count). The molecule has 0 saturated carbocycles. The van der Waals surface area contributed by atoms with E-state index in [0.29, 0.717) is 5.82 Å². The smallest absolute Gasteiger partial charge is 0.160 e. The van der Waals surface area contributed by atoms with Crippen molar-refractivity contribution in [3.8, 4) is 78.5 Å². The molecule has 0 aliphatic carbocycles. The summed E-state index contributed by atoms with van der Waals surface area (Å²) in [4.78, 5) is 15.3. The van der Waals surface area contributed by atoms with Gasteiger partial charge < -0.3 is 0 Å². The summed E-state index contributed by atoms with van der Waals surface area (Å²) in [7, 11) is 0. The second-order valence-corrected chi connectivity index (χ2v) is 14.0. The first-order chi connectivity index (χ1) is 27.7. The number of aromatic nitrogens is 3. The summed E-state index contributed by atoms with van der Waals surface area (Å²) >= 11 is 0. The van der Waals surface area contributed by atoms with E-state index >= 15 is 0 Å². The Hall–Kier alpha value is -7.49. The predicted octanol–water partition coefficient (Wildman–Crippen LogP) is 13.8. The summed E-state index contributed by atoms with van der Waals surface area (Å²) in [6.07, 6.45) is 0. The van der Waals surface area contributed by atoms with Gasteiger partial charge >= 0.3 is 0 Å². The molecule has 0 bridgehead atoms. The van der Waals surface area contributed by atoms with Crippen LogP contribution in [0.1, 0.15) is 0 Å². The highest BCUT2D eigenvalue weighted by Crippen LogP contribution is 2.38. The standard InChI is InChI=1S/C53H35N3/c1-4-13-36(14-5-1)44-20-12-21-45(33-44)51-35-50(55-53(56-51)43-18-8-3-9-19-43)42-29-25-38(26-30-42)37-23-27-40(28-24-37)47-34-49(41-16-6-2-7-17-41)54-48-32-31-39-15-10-11-22-46(39)52(47)48/h1-35H. The van der Waals surface area contributed by atoms with Gasteiger partial charge in [0.2, 0.25) is 0 Å². The maximum absolute atomic E-state index is 5.13. The van der Waals surface area contributed by atoms with Crippen LogP contribution >= 0.6 is 0 Å². The Kier molecular flexibility index (Phi) is 8.51. The zero-order valence-electron chi connectivity index (χ0n) is 30.5. The summed E-state index contributed by atoms with van der Waals surface area (Å²) in [6, 6.07) is 74.6. The molecule has 0 saturated heterocycles. The van der Waals surface area contributed by atoms with Gasteiger partial charge in [-0.15, -0.1) is 0 Å². The summed E-state index contributed by atoms with van der Waals surface area (Å²) in [5, 5.41) is 3.59. The van der Waals surface area contributed by atoms with E-state index in [9.17, 15) is 0 Å². The lowest BCUT2D eigenvalue weighted by Crippen LogP contribution is -1.96. The van der Waals surface area contributed by atoms with Crippen LogP contribution in [0.2, 0.25) is 0 Å². The maximum Gasteiger partial charge on any atom is 0.160 e. The van der Waals surface area contributed by atoms with Crippen LogP contribution in [0.15, 0.2) is 212 Å². The largest absolute Gasteiger partial charge is 0.248 e. The molecule has 2 aromatic heterocycles. The summed E-state index contributed by atoms with van der Waals surface area (Å²) in [5.74, 6) is 0.703. The van der Waals surface area contributed by atoms with Crippen LogP contribution in [0.4, 0.5) is 0 Å². The van der Waals surface area contributed by atoms with Crippen LogP contribution in [0.25, 0.3) is 100 Å². The molecule has 0 atom stereocenters. The van der Waals surface area contributed by atoms with Gasteiger partial charge in [0.15, 0.2) is 5.82 Å². The Labute approximate surface area is 326 Å². The lowest BCUT2D eigenvalue weighted by atomic mass is 9.93. The van der Waals surface area contributed by atoms with E-state index in [0.717, 1.165) is 67.1 Å². The number of hydrogen-bond donors (Lipinski definition) is 0. The van der Waals surface area contributed by atoms with Crippen molar-refractivity contribution in [2.24, 2.45) is 0 Å². The van der Waals surface area contributed by atoms with E-state index in [1.807, 2.05) is 30.3 Å². The second kappa shape index (κ2) is 14.4. The number of rotatable bonds is 7. The fraction of sp³-hybridized carbons (Fsp3) is 0. The second-order valence-electron chi connectivity index (χ2n) is 14.0. The monoisotopic (exact) mass is 713 g/mol. The molecule has 0 aliphatic heterocycles. The van der Waals surface area contributed by atoms with E-state index in [-0.39, 0.29) is 0 Å². The van der Waals surface area contributed by atoms with Gasteiger partial charge in [-0.25, -0.2) is 15.0 Å². The average Bonchev–Trinajstić information content (AvgIpc) is 3.29. The quantitative estimate of drug-likeness (QED) is 0.154. The molecular weight excluding hydrogens is 679 g/mol. The van der Waals surface area contributed by atoms with Crippen LogP contribution in [-0.2, 0) is 0 Å². The first kappa shape index (κ1) is 33.1. The molecule has 0 radical (unpaired) electrons. The molecule has 0 fully saturated rings. The zero-order valence-corrected chi connectivity index (χ0v) is 30.5. The Morgan fingerprint density at radius 2 is 0.750 bits per heavy atom. The van der Waals surface area contributed by atoms with Crippen molar-refractivity contribution in [1.82, 2.24) is 15.0 Å². The van der Waals surface area contributed by atoms with Crippen LogP contribution < -0.4 is 0 Å². The van der Waals surface area contributed by atoms with E-state index < -0.39 is 0 Å². The van der Waals surface area contributed by atoms with Crippen molar-refractivity contribution in [2.75, 3.05) is 0 Å². The fourth-order valence-electron chi connectivity index (χ4n) is 7.62. The van der Waals surface area contributed by atoms with E-state index in [1.54, 1.807) is 0 Å². The van der Waals surface area contributed by atoms with Gasteiger partial charge in [-0.05, 0) is 68.4 Å². The van der Waals surface area contributed by atoms with Gasteiger partial charge in [0.1, 0.15) is 0 Å². The third-order valence-corrected chi connectivity index (χ3v) is 10.5. The molecule has 10 aromatic rings. The van der Waals surface area contributed by atoms with Crippen molar-refractivity contribution >= 4 is 21.7 Å². The van der Waals surface area contributed by atoms with Gasteiger partial charge in [0.25, 0.3) is 0 Å². The Bertz CT molecular complexity index is 2980. The Morgan fingerprint density at radius 3 is 1.45 bits per heavy atom. The molecule has 2 heterocycles. The highest BCUT2D eigenvalue weighted by molar-refractivity contribution is 6.13. The number of nitrogens with zero attached hydrogens (tertiary/aromatic N) is 3. The van der Waals surface area contributed by atoms with Gasteiger partial charge in [-0.2, -0.15) is 0 Å². The summed E-state index contributed by atoms with van der Waals surface area (Å²) < 4.78 is 0. The SMILES string of the molecule is c1ccc(-c2cccc(-c3cc(-c4ccc(-c5ccc(-c6cc(-c7ccccc7)nc7ccc8ccccc8c67)cc5)cc4)nc(-c4ccccc4)n3)c2)cc1. The zero-order chi connectivity index (χ0) is 37.3. The minimum absolute atomic E-state index is 0.703. The lowest BCUT2D eigenvalue weighted by molar-refractivity contribution is 1.18. The van der Waals surface area contributed by atoms with Gasteiger partial charge in [-0.3, -0.25) is 0 Å². The molecule has 0 N–H and O–H groups in total. The third kappa shape index (κ3) is 6.42. The van der Waals surface area contributed by atoms with Crippen molar-refractivity contribution < 1.29 is 0 Å². The molecule has 0 aliphatic rings. The minimum Gasteiger partial charge on any atom is -0.248 e. The maximum atomic E-state index is 5.13. The predicted molar refractivity (Wildman–Crippen MR) is 233 cm³/mol. The first-order valence-electron chi connectivity index (χ1n) is 18.9. The Balaban J connectivity index is 1.01. The molecule has 3 heteroatoms. The number of pyridine rings is 1. The van der Waals surface area contributed by atoms with E-state index in [1.165, 1.54) is 27.3 Å². The lowest BCUT2D eigenvalue weighted by Gasteiger charge is -2.14. The molecular formula is C53H35N3. The number of benzene rings is 8. The molecule has 3 nitrogen and oxygen atoms in total. The highest BCUT2D eigenvalue weighted by atomic mass is 14.9. The van der Waals surface area contributed by atoms with Gasteiger partial charge in [0.05, 0.1) is 22.6 Å². The molecule has 0 spiro atoms. The molecule has 0 amide bonds. The Morgan fingerprint density at radius 1 is 0.268 bits per heavy atom. The first-order valence-corrected chi connectivity index (χ1v) is 18.9. The number of hydrogen-bond acceptors (Lipinski definition) is 3. The van der Waals surface area contributed by atoms with Gasteiger partial charge in [0, 0.05) is 27.6 Å². The van der Waals surface area contributed by atoms with Crippen LogP contribution in [-0.4, -0.2) is 15.0 Å². The van der Waals surface area contributed by atoms with Crippen LogP contribution in [0.5, 0.6) is 0 Å². The topological polar surface area (TPSA) is 38.7 Å². The fourth-order valence-corrected chi connectivity index (χ4v) is 7.62. The molecule has 0 unspecified atom stereocenters. The normalized spacial score (nSPS) is 11.2. The van der Waals surface area contributed by atoms with Crippen molar-refractivity contribution in [3.63, 3.8) is 0 Å². The van der Waals surface area contributed by atoms with Gasteiger partial charge in [-0.1, -0.05) is 188 Å². The van der Waals surface area contributed by atoms with E-state index in [4.69, 9.17) is 15.0 Å². The summed E-state index contributed by atoms with van der Waals surface area (Å²) in [5.41, 5.74) is 14.9. The van der Waals surface area contributed by atoms with Crippen LogP contribution in [0.3, 0.4) is 0 Å². The third-order valence-electron chi connectivity index (χ3n) is 10.5. The van der Waals surface area contributed by atoms with Crippen molar-refractivity contribution in [3.05, 3.63) is 212 Å². The summed E-state index contributed by atoms with van der Waals surface area (Å²) in [6.45, 7) is 0. The minimum atomic E-state index is 0.703.